The number of nitrogen functional groups attached to an aromatic ring is 1. The van der Waals surface area contributed by atoms with Crippen LogP contribution in [0.5, 0.6) is 0 Å². The van der Waals surface area contributed by atoms with E-state index in [-0.39, 0.29) is 17.9 Å². The fraction of sp³-hybridized carbons (Fsp3) is 0.250. The number of amides is 1. The van der Waals surface area contributed by atoms with Crippen LogP contribution < -0.4 is 5.73 Å². The molecule has 1 fully saturated rings. The molecule has 2 aromatic heterocycles. The average molecular weight is 295 g/mol. The van der Waals surface area contributed by atoms with Crippen LogP contribution in [-0.2, 0) is 4.79 Å². The van der Waals surface area contributed by atoms with Gasteiger partial charge in [-0.15, -0.1) is 0 Å². The third-order valence-corrected chi connectivity index (χ3v) is 3.72. The van der Waals surface area contributed by atoms with Crippen molar-refractivity contribution in [2.45, 2.75) is 18.9 Å². The zero-order valence-electron chi connectivity index (χ0n) is 12.1. The molecular weight excluding hydrogens is 278 g/mol. The molecule has 1 atom stereocenters. The molecular formula is C16H17N5O. The topological polar surface area (TPSA) is 85.0 Å². The first-order valence-corrected chi connectivity index (χ1v) is 7.20. The van der Waals surface area contributed by atoms with E-state index in [1.165, 1.54) is 0 Å². The molecule has 6 nitrogen and oxygen atoms in total. The summed E-state index contributed by atoms with van der Waals surface area (Å²) in [5, 5.41) is 0. The number of rotatable bonds is 3. The molecule has 1 amide bonds. The smallest absolute Gasteiger partial charge is 0.247 e. The van der Waals surface area contributed by atoms with E-state index in [0.29, 0.717) is 0 Å². The zero-order chi connectivity index (χ0) is 15.4. The van der Waals surface area contributed by atoms with Gasteiger partial charge in [0.05, 0.1) is 6.04 Å². The van der Waals surface area contributed by atoms with Crippen molar-refractivity contribution >= 4 is 17.9 Å². The van der Waals surface area contributed by atoms with Gasteiger partial charge in [-0.1, -0.05) is 6.07 Å². The van der Waals surface area contributed by atoms with Gasteiger partial charge < -0.3 is 10.6 Å². The molecule has 1 aliphatic rings. The van der Waals surface area contributed by atoms with E-state index in [1.807, 2.05) is 23.2 Å². The van der Waals surface area contributed by atoms with Crippen LogP contribution in [0.15, 0.2) is 43.0 Å². The number of carbonyl (C=O) groups is 1. The lowest BCUT2D eigenvalue weighted by atomic mass is 10.1. The number of pyridine rings is 1. The van der Waals surface area contributed by atoms with Crippen LogP contribution in [0.2, 0.25) is 0 Å². The summed E-state index contributed by atoms with van der Waals surface area (Å²) in [6, 6.07) is 4.02. The van der Waals surface area contributed by atoms with E-state index in [1.54, 1.807) is 30.7 Å². The van der Waals surface area contributed by atoms with Crippen LogP contribution in [0.25, 0.3) is 6.08 Å². The van der Waals surface area contributed by atoms with E-state index >= 15 is 0 Å². The van der Waals surface area contributed by atoms with Crippen molar-refractivity contribution in [3.05, 3.63) is 54.1 Å². The lowest BCUT2D eigenvalue weighted by Gasteiger charge is -2.23. The Hall–Kier alpha value is -2.76. The molecule has 0 aromatic carbocycles. The average Bonchev–Trinajstić information content (AvgIpc) is 3.04. The third-order valence-electron chi connectivity index (χ3n) is 3.72. The monoisotopic (exact) mass is 295 g/mol. The van der Waals surface area contributed by atoms with Crippen LogP contribution in [-0.4, -0.2) is 32.3 Å². The maximum absolute atomic E-state index is 12.4. The van der Waals surface area contributed by atoms with E-state index in [2.05, 4.69) is 15.0 Å². The van der Waals surface area contributed by atoms with Gasteiger partial charge in [-0.2, -0.15) is 0 Å². The van der Waals surface area contributed by atoms with Gasteiger partial charge in [0.1, 0.15) is 0 Å². The minimum Gasteiger partial charge on any atom is -0.368 e. The van der Waals surface area contributed by atoms with Crippen LogP contribution >= 0.6 is 0 Å². The fourth-order valence-corrected chi connectivity index (χ4v) is 2.65. The van der Waals surface area contributed by atoms with Gasteiger partial charge in [0.2, 0.25) is 11.9 Å². The Labute approximate surface area is 128 Å². The molecule has 112 valence electrons. The highest BCUT2D eigenvalue weighted by Gasteiger charge is 2.28. The number of anilines is 1. The van der Waals surface area contributed by atoms with Crippen molar-refractivity contribution in [2.75, 3.05) is 12.3 Å². The molecule has 0 radical (unpaired) electrons. The number of hydrogen-bond donors (Lipinski definition) is 1. The van der Waals surface area contributed by atoms with Crippen LogP contribution in [0.3, 0.4) is 0 Å². The summed E-state index contributed by atoms with van der Waals surface area (Å²) in [4.78, 5) is 26.2. The Morgan fingerprint density at radius 1 is 1.32 bits per heavy atom. The summed E-state index contributed by atoms with van der Waals surface area (Å²) in [5.41, 5.74) is 7.27. The number of nitrogens with two attached hydrogens (primary N) is 1. The third kappa shape index (κ3) is 3.11. The van der Waals surface area contributed by atoms with Gasteiger partial charge >= 0.3 is 0 Å². The molecule has 1 aliphatic heterocycles. The molecule has 6 heteroatoms. The number of carbonyl (C=O) groups excluding carboxylic acids is 1. The summed E-state index contributed by atoms with van der Waals surface area (Å²) in [5.74, 6) is 0.211. The Kier molecular flexibility index (Phi) is 4.09. The second kappa shape index (κ2) is 6.34. The summed E-state index contributed by atoms with van der Waals surface area (Å²) < 4.78 is 0. The fourth-order valence-electron chi connectivity index (χ4n) is 2.65. The van der Waals surface area contributed by atoms with E-state index in [4.69, 9.17) is 5.73 Å². The molecule has 3 rings (SSSR count). The first-order chi connectivity index (χ1) is 10.7. The number of nitrogens with zero attached hydrogens (tertiary/aromatic N) is 4. The van der Waals surface area contributed by atoms with Gasteiger partial charge in [-0.25, -0.2) is 9.97 Å². The highest BCUT2D eigenvalue weighted by molar-refractivity contribution is 5.92. The summed E-state index contributed by atoms with van der Waals surface area (Å²) in [7, 11) is 0. The lowest BCUT2D eigenvalue weighted by molar-refractivity contribution is -0.126. The first-order valence-electron chi connectivity index (χ1n) is 7.20. The predicted octanol–water partition coefficient (Wildman–Crippen LogP) is 1.83. The Morgan fingerprint density at radius 2 is 2.14 bits per heavy atom. The second-order valence-electron chi connectivity index (χ2n) is 5.18. The largest absolute Gasteiger partial charge is 0.368 e. The van der Waals surface area contributed by atoms with Gasteiger partial charge in [0.15, 0.2) is 0 Å². The molecule has 1 saturated heterocycles. The van der Waals surface area contributed by atoms with Crippen LogP contribution in [0, 0.1) is 0 Å². The number of aromatic nitrogens is 3. The number of likely N-dealkylation sites (tertiary alicyclic amines) is 1. The first kappa shape index (κ1) is 14.2. The van der Waals surface area contributed by atoms with Crippen LogP contribution in [0.1, 0.15) is 30.0 Å². The lowest BCUT2D eigenvalue weighted by Crippen LogP contribution is -2.28. The molecule has 22 heavy (non-hydrogen) atoms. The quantitative estimate of drug-likeness (QED) is 0.873. The highest BCUT2D eigenvalue weighted by atomic mass is 16.2. The molecule has 0 spiro atoms. The van der Waals surface area contributed by atoms with Crippen molar-refractivity contribution in [3.63, 3.8) is 0 Å². The number of hydrogen-bond acceptors (Lipinski definition) is 5. The normalized spacial score (nSPS) is 18.0. The zero-order valence-corrected chi connectivity index (χ0v) is 12.1. The van der Waals surface area contributed by atoms with E-state index in [9.17, 15) is 4.79 Å². The molecule has 0 saturated carbocycles. The van der Waals surface area contributed by atoms with Crippen molar-refractivity contribution < 1.29 is 4.79 Å². The van der Waals surface area contributed by atoms with Gasteiger partial charge in [-0.05, 0) is 30.5 Å². The van der Waals surface area contributed by atoms with Crippen molar-refractivity contribution in [1.29, 1.82) is 0 Å². The van der Waals surface area contributed by atoms with E-state index in [0.717, 1.165) is 30.5 Å². The van der Waals surface area contributed by atoms with E-state index < -0.39 is 0 Å². The standard InChI is InChI=1S/C16H17N5O/c17-16-19-9-12(10-20-16)5-6-15(22)21-8-2-4-14(21)13-3-1-7-18-11-13/h1,3,5-7,9-11,14H,2,4,8H2,(H2,17,19,20). The Balaban J connectivity index is 1.72. The highest BCUT2D eigenvalue weighted by Crippen LogP contribution is 2.31. The summed E-state index contributed by atoms with van der Waals surface area (Å²) in [6.45, 7) is 0.765. The SMILES string of the molecule is Nc1ncc(C=CC(=O)N2CCCC2c2cccnc2)cn1. The molecule has 3 heterocycles. The van der Waals surface area contributed by atoms with Crippen molar-refractivity contribution in [3.8, 4) is 0 Å². The molecule has 0 aliphatic carbocycles. The molecule has 1 unspecified atom stereocenters. The van der Waals surface area contributed by atoms with Crippen molar-refractivity contribution in [2.24, 2.45) is 0 Å². The minimum atomic E-state index is -0.0109. The van der Waals surface area contributed by atoms with Gasteiger partial charge in [0, 0.05) is 43.0 Å². The second-order valence-corrected chi connectivity index (χ2v) is 5.18. The Morgan fingerprint density at radius 3 is 2.86 bits per heavy atom. The molecule has 0 bridgehead atoms. The van der Waals surface area contributed by atoms with Gasteiger partial charge in [0.25, 0.3) is 0 Å². The maximum atomic E-state index is 12.4. The molecule has 2 N–H and O–H groups in total. The van der Waals surface area contributed by atoms with Gasteiger partial charge in [-0.3, -0.25) is 9.78 Å². The van der Waals surface area contributed by atoms with Crippen LogP contribution in [0.4, 0.5) is 5.95 Å². The summed E-state index contributed by atoms with van der Waals surface area (Å²) >= 11 is 0. The molecule has 2 aromatic rings. The predicted molar refractivity (Wildman–Crippen MR) is 83.4 cm³/mol. The minimum absolute atomic E-state index is 0.0109. The summed E-state index contributed by atoms with van der Waals surface area (Å²) in [6.07, 6.45) is 12.0. The maximum Gasteiger partial charge on any atom is 0.247 e. The van der Waals surface area contributed by atoms with Crippen molar-refractivity contribution in [1.82, 2.24) is 19.9 Å². The Bertz CT molecular complexity index is 669.